The Kier molecular flexibility index (Phi) is 6.02. The highest BCUT2D eigenvalue weighted by molar-refractivity contribution is 7.09. The molecular formula is C15H18ClN3OS. The summed E-state index contributed by atoms with van der Waals surface area (Å²) in [6.07, 6.45) is 1.81. The Morgan fingerprint density at radius 1 is 1.33 bits per heavy atom. The van der Waals surface area contributed by atoms with Crippen LogP contribution in [-0.2, 0) is 6.42 Å². The molecule has 0 aliphatic rings. The van der Waals surface area contributed by atoms with Crippen molar-refractivity contribution in [1.82, 2.24) is 10.3 Å². The first-order chi connectivity index (χ1) is 10.2. The molecule has 21 heavy (non-hydrogen) atoms. The second-order valence-corrected chi connectivity index (χ2v) is 5.98. The highest BCUT2D eigenvalue weighted by Gasteiger charge is 2.12. The molecule has 2 aromatic heterocycles. The summed E-state index contributed by atoms with van der Waals surface area (Å²) < 4.78 is 0. The van der Waals surface area contributed by atoms with E-state index in [0.29, 0.717) is 17.4 Å². The SMILES string of the molecule is CCCNc1ccc(Cl)c(C(=O)NCCc2cccs2)n1. The molecule has 4 nitrogen and oxygen atoms in total. The number of halogens is 1. The molecule has 0 saturated carbocycles. The van der Waals surface area contributed by atoms with Crippen LogP contribution in [-0.4, -0.2) is 24.0 Å². The topological polar surface area (TPSA) is 54.0 Å². The molecule has 0 saturated heterocycles. The lowest BCUT2D eigenvalue weighted by Crippen LogP contribution is -2.27. The lowest BCUT2D eigenvalue weighted by atomic mass is 10.3. The van der Waals surface area contributed by atoms with Crippen LogP contribution in [0, 0.1) is 0 Å². The fourth-order valence-corrected chi connectivity index (χ4v) is 2.69. The van der Waals surface area contributed by atoms with E-state index in [1.165, 1.54) is 4.88 Å². The monoisotopic (exact) mass is 323 g/mol. The van der Waals surface area contributed by atoms with Crippen LogP contribution in [0.2, 0.25) is 5.02 Å². The molecule has 2 rings (SSSR count). The number of pyridine rings is 1. The fourth-order valence-electron chi connectivity index (χ4n) is 1.79. The average molecular weight is 324 g/mol. The molecular weight excluding hydrogens is 306 g/mol. The lowest BCUT2D eigenvalue weighted by Gasteiger charge is -2.08. The zero-order valence-corrected chi connectivity index (χ0v) is 13.4. The smallest absolute Gasteiger partial charge is 0.271 e. The van der Waals surface area contributed by atoms with Crippen molar-refractivity contribution in [1.29, 1.82) is 0 Å². The van der Waals surface area contributed by atoms with E-state index in [0.717, 1.165) is 19.4 Å². The van der Waals surface area contributed by atoms with Crippen molar-refractivity contribution in [2.24, 2.45) is 0 Å². The summed E-state index contributed by atoms with van der Waals surface area (Å²) in [7, 11) is 0. The largest absolute Gasteiger partial charge is 0.370 e. The van der Waals surface area contributed by atoms with E-state index < -0.39 is 0 Å². The van der Waals surface area contributed by atoms with Crippen molar-refractivity contribution in [3.8, 4) is 0 Å². The molecule has 112 valence electrons. The maximum absolute atomic E-state index is 12.1. The quantitative estimate of drug-likeness (QED) is 0.818. The van der Waals surface area contributed by atoms with Crippen LogP contribution in [0.4, 0.5) is 5.82 Å². The first-order valence-corrected chi connectivity index (χ1v) is 8.17. The third kappa shape index (κ3) is 4.72. The van der Waals surface area contributed by atoms with E-state index >= 15 is 0 Å². The molecule has 2 N–H and O–H groups in total. The standard InChI is InChI=1S/C15H18ClN3OS/c1-2-8-17-13-6-5-12(16)14(19-13)15(20)18-9-7-11-4-3-10-21-11/h3-6,10H,2,7-9H2,1H3,(H,17,19)(H,18,20). The average Bonchev–Trinajstić information content (AvgIpc) is 2.99. The fraction of sp³-hybridized carbons (Fsp3) is 0.333. The van der Waals surface area contributed by atoms with Gasteiger partial charge < -0.3 is 10.6 Å². The third-order valence-electron chi connectivity index (χ3n) is 2.85. The zero-order valence-electron chi connectivity index (χ0n) is 11.9. The van der Waals surface area contributed by atoms with Crippen LogP contribution in [0.15, 0.2) is 29.6 Å². The number of anilines is 1. The van der Waals surface area contributed by atoms with Gasteiger partial charge in [0.15, 0.2) is 0 Å². The van der Waals surface area contributed by atoms with Gasteiger partial charge in [-0.15, -0.1) is 11.3 Å². The number of carbonyl (C=O) groups excluding carboxylic acids is 1. The van der Waals surface area contributed by atoms with E-state index in [1.807, 2.05) is 11.4 Å². The van der Waals surface area contributed by atoms with Crippen molar-refractivity contribution in [3.63, 3.8) is 0 Å². The first kappa shape index (κ1) is 15.8. The maximum atomic E-state index is 12.1. The van der Waals surface area contributed by atoms with Gasteiger partial charge in [0, 0.05) is 18.0 Å². The maximum Gasteiger partial charge on any atom is 0.271 e. The molecule has 6 heteroatoms. The minimum absolute atomic E-state index is 0.239. The number of amides is 1. The molecule has 2 heterocycles. The van der Waals surface area contributed by atoms with E-state index in [2.05, 4.69) is 28.6 Å². The number of hydrogen-bond donors (Lipinski definition) is 2. The number of nitrogens with one attached hydrogen (secondary N) is 2. The predicted octanol–water partition coefficient (Wildman–Crippen LogP) is 3.59. The minimum atomic E-state index is -0.239. The molecule has 0 aliphatic heterocycles. The van der Waals surface area contributed by atoms with Crippen molar-refractivity contribution in [2.75, 3.05) is 18.4 Å². The summed E-state index contributed by atoms with van der Waals surface area (Å²) in [4.78, 5) is 17.7. The number of carbonyl (C=O) groups is 1. The summed E-state index contributed by atoms with van der Waals surface area (Å²) in [5, 5.41) is 8.39. The summed E-state index contributed by atoms with van der Waals surface area (Å²) in [5.74, 6) is 0.432. The second-order valence-electron chi connectivity index (χ2n) is 4.54. The highest BCUT2D eigenvalue weighted by Crippen LogP contribution is 2.17. The van der Waals surface area contributed by atoms with Crippen LogP contribution < -0.4 is 10.6 Å². The van der Waals surface area contributed by atoms with Gasteiger partial charge in [0.25, 0.3) is 5.91 Å². The summed E-state index contributed by atoms with van der Waals surface area (Å²) in [6.45, 7) is 3.46. The Hall–Kier alpha value is -1.59. The van der Waals surface area contributed by atoms with Crippen molar-refractivity contribution in [2.45, 2.75) is 19.8 Å². The van der Waals surface area contributed by atoms with Crippen LogP contribution in [0.1, 0.15) is 28.7 Å². The van der Waals surface area contributed by atoms with Crippen molar-refractivity contribution >= 4 is 34.7 Å². The molecule has 0 radical (unpaired) electrons. The Bertz CT molecular complexity index is 587. The normalized spacial score (nSPS) is 10.4. The van der Waals surface area contributed by atoms with Crippen LogP contribution in [0.5, 0.6) is 0 Å². The van der Waals surface area contributed by atoms with Crippen molar-refractivity contribution in [3.05, 3.63) is 45.2 Å². The van der Waals surface area contributed by atoms with Crippen LogP contribution in [0.3, 0.4) is 0 Å². The second kappa shape index (κ2) is 8.00. The molecule has 1 amide bonds. The van der Waals surface area contributed by atoms with Gasteiger partial charge in [-0.3, -0.25) is 4.79 Å². The lowest BCUT2D eigenvalue weighted by molar-refractivity contribution is 0.0949. The molecule has 0 spiro atoms. The van der Waals surface area contributed by atoms with Crippen molar-refractivity contribution < 1.29 is 4.79 Å². The number of thiophene rings is 1. The Morgan fingerprint density at radius 2 is 2.19 bits per heavy atom. The van der Waals surface area contributed by atoms with Crippen LogP contribution >= 0.6 is 22.9 Å². The zero-order chi connectivity index (χ0) is 15.1. The molecule has 0 bridgehead atoms. The van der Waals surface area contributed by atoms with Gasteiger partial charge in [0.05, 0.1) is 5.02 Å². The Labute approximate surface area is 133 Å². The molecule has 0 fully saturated rings. The van der Waals surface area contributed by atoms with Crippen LogP contribution in [0.25, 0.3) is 0 Å². The number of nitrogens with zero attached hydrogens (tertiary/aromatic N) is 1. The molecule has 2 aromatic rings. The van der Waals surface area contributed by atoms with Gasteiger partial charge in [-0.25, -0.2) is 4.98 Å². The number of rotatable bonds is 7. The summed E-state index contributed by atoms with van der Waals surface area (Å²) in [5.41, 5.74) is 0.268. The first-order valence-electron chi connectivity index (χ1n) is 6.91. The molecule has 0 unspecified atom stereocenters. The van der Waals surface area contributed by atoms with E-state index in [-0.39, 0.29) is 11.6 Å². The number of aromatic nitrogens is 1. The van der Waals surface area contributed by atoms with Gasteiger partial charge in [0.2, 0.25) is 0 Å². The van der Waals surface area contributed by atoms with E-state index in [4.69, 9.17) is 11.6 Å². The number of hydrogen-bond acceptors (Lipinski definition) is 4. The van der Waals surface area contributed by atoms with Gasteiger partial charge >= 0.3 is 0 Å². The molecule has 0 aliphatic carbocycles. The summed E-state index contributed by atoms with van der Waals surface area (Å²) in [6, 6.07) is 7.53. The third-order valence-corrected chi connectivity index (χ3v) is 4.10. The Morgan fingerprint density at radius 3 is 2.90 bits per heavy atom. The molecule has 0 aromatic carbocycles. The predicted molar refractivity (Wildman–Crippen MR) is 88.4 cm³/mol. The minimum Gasteiger partial charge on any atom is -0.370 e. The highest BCUT2D eigenvalue weighted by atomic mass is 35.5. The summed E-state index contributed by atoms with van der Waals surface area (Å²) >= 11 is 7.74. The van der Waals surface area contributed by atoms with Gasteiger partial charge in [0.1, 0.15) is 11.5 Å². The molecule has 0 atom stereocenters. The Balaban J connectivity index is 1.94. The van der Waals surface area contributed by atoms with E-state index in [1.54, 1.807) is 23.5 Å². The van der Waals surface area contributed by atoms with Gasteiger partial charge in [-0.2, -0.15) is 0 Å². The van der Waals surface area contributed by atoms with Gasteiger partial charge in [-0.1, -0.05) is 24.6 Å². The van der Waals surface area contributed by atoms with Gasteiger partial charge in [-0.05, 0) is 36.4 Å². The van der Waals surface area contributed by atoms with E-state index in [9.17, 15) is 4.79 Å².